The van der Waals surface area contributed by atoms with E-state index >= 15 is 0 Å². The lowest BCUT2D eigenvalue weighted by Crippen LogP contribution is -2.40. The Hall–Kier alpha value is -1.48. The zero-order valence-electron chi connectivity index (χ0n) is 13.2. The molecule has 0 radical (unpaired) electrons. The van der Waals surface area contributed by atoms with Gasteiger partial charge in [0.05, 0.1) is 17.5 Å². The van der Waals surface area contributed by atoms with Gasteiger partial charge in [-0.15, -0.1) is 0 Å². The molecule has 1 heterocycles. The molecule has 128 valence electrons. The van der Waals surface area contributed by atoms with Crippen molar-refractivity contribution < 1.29 is 17.9 Å². The lowest BCUT2D eigenvalue weighted by atomic mass is 10.2. The van der Waals surface area contributed by atoms with E-state index in [0.29, 0.717) is 13.2 Å². The first-order valence-electron chi connectivity index (χ1n) is 7.61. The van der Waals surface area contributed by atoms with Crippen molar-refractivity contribution in [2.24, 2.45) is 0 Å². The maximum absolute atomic E-state index is 12.0. The minimum atomic E-state index is -3.52. The molecule has 1 aromatic carbocycles. The van der Waals surface area contributed by atoms with Crippen LogP contribution in [0.15, 0.2) is 29.2 Å². The van der Waals surface area contributed by atoms with E-state index in [1.807, 2.05) is 0 Å². The van der Waals surface area contributed by atoms with E-state index in [-0.39, 0.29) is 23.4 Å². The van der Waals surface area contributed by atoms with Crippen LogP contribution in [0.25, 0.3) is 0 Å². The van der Waals surface area contributed by atoms with Gasteiger partial charge in [0.1, 0.15) is 0 Å². The smallest absolute Gasteiger partial charge is 0.240 e. The zero-order chi connectivity index (χ0) is 16.7. The third-order valence-electron chi connectivity index (χ3n) is 3.68. The third kappa shape index (κ3) is 5.28. The highest BCUT2D eigenvalue weighted by Gasteiger charge is 2.21. The molecule has 0 saturated carbocycles. The molecule has 1 amide bonds. The molecule has 1 saturated heterocycles. The highest BCUT2D eigenvalue weighted by atomic mass is 32.2. The molecule has 8 heteroatoms. The van der Waals surface area contributed by atoms with Gasteiger partial charge in [0.25, 0.3) is 0 Å². The van der Waals surface area contributed by atoms with Crippen molar-refractivity contribution in [2.75, 3.05) is 26.8 Å². The summed E-state index contributed by atoms with van der Waals surface area (Å²) in [5, 5.41) is 5.99. The van der Waals surface area contributed by atoms with Gasteiger partial charge in [0.15, 0.2) is 0 Å². The fourth-order valence-electron chi connectivity index (χ4n) is 2.37. The fraction of sp³-hybridized carbons (Fsp3) is 0.533. The number of amides is 1. The van der Waals surface area contributed by atoms with Crippen LogP contribution in [0.4, 0.5) is 0 Å². The lowest BCUT2D eigenvalue weighted by molar-refractivity contribution is -0.122. The Balaban J connectivity index is 1.87. The number of carbonyl (C=O) groups is 1. The maximum atomic E-state index is 12.0. The number of hydrogen-bond donors (Lipinski definition) is 3. The largest absolute Gasteiger partial charge is 0.383 e. The third-order valence-corrected chi connectivity index (χ3v) is 5.15. The summed E-state index contributed by atoms with van der Waals surface area (Å²) in [5.41, 5.74) is 0.854. The Kier molecular flexibility index (Phi) is 6.52. The quantitative estimate of drug-likeness (QED) is 0.578. The Labute approximate surface area is 136 Å². The van der Waals surface area contributed by atoms with E-state index in [0.717, 1.165) is 24.9 Å². The molecule has 1 unspecified atom stereocenters. The van der Waals surface area contributed by atoms with Gasteiger partial charge >= 0.3 is 0 Å². The molecule has 1 fully saturated rings. The molecule has 0 bridgehead atoms. The second-order valence-corrected chi connectivity index (χ2v) is 7.17. The minimum Gasteiger partial charge on any atom is -0.383 e. The summed E-state index contributed by atoms with van der Waals surface area (Å²) < 4.78 is 31.3. The molecule has 1 aliphatic rings. The Morgan fingerprint density at radius 3 is 2.70 bits per heavy atom. The first-order chi connectivity index (χ1) is 11.0. The van der Waals surface area contributed by atoms with E-state index in [2.05, 4.69) is 15.4 Å². The molecule has 1 aromatic rings. The Morgan fingerprint density at radius 2 is 2.09 bits per heavy atom. The summed E-state index contributed by atoms with van der Waals surface area (Å²) in [6, 6.07) is 6.36. The van der Waals surface area contributed by atoms with E-state index in [1.54, 1.807) is 12.1 Å². The van der Waals surface area contributed by atoms with Gasteiger partial charge in [0, 0.05) is 20.2 Å². The van der Waals surface area contributed by atoms with Gasteiger partial charge in [-0.25, -0.2) is 13.1 Å². The standard InChI is InChI=1S/C15H23N3O4S/c1-22-10-9-18-23(20,21)13-6-4-12(5-7-13)11-17-15(19)14-3-2-8-16-14/h4-7,14,16,18H,2-3,8-11H2,1H3,(H,17,19). The highest BCUT2D eigenvalue weighted by molar-refractivity contribution is 7.89. The number of hydrogen-bond acceptors (Lipinski definition) is 5. The lowest BCUT2D eigenvalue weighted by Gasteiger charge is -2.11. The highest BCUT2D eigenvalue weighted by Crippen LogP contribution is 2.11. The molecule has 1 atom stereocenters. The van der Waals surface area contributed by atoms with Crippen LogP contribution in [-0.2, 0) is 26.1 Å². The molecule has 1 aliphatic heterocycles. The fourth-order valence-corrected chi connectivity index (χ4v) is 3.38. The number of sulfonamides is 1. The van der Waals surface area contributed by atoms with Gasteiger partial charge in [-0.05, 0) is 37.1 Å². The minimum absolute atomic E-state index is 0.0135. The number of benzene rings is 1. The predicted octanol–water partition coefficient (Wildman–Crippen LogP) is -0.0205. The van der Waals surface area contributed by atoms with Crippen LogP contribution < -0.4 is 15.4 Å². The molecule has 0 aliphatic carbocycles. The molecule has 0 aromatic heterocycles. The summed E-state index contributed by atoms with van der Waals surface area (Å²) >= 11 is 0. The number of rotatable bonds is 8. The monoisotopic (exact) mass is 341 g/mol. The predicted molar refractivity (Wildman–Crippen MR) is 86.4 cm³/mol. The SMILES string of the molecule is COCCNS(=O)(=O)c1ccc(CNC(=O)C2CCCN2)cc1. The van der Waals surface area contributed by atoms with Crippen molar-refractivity contribution in [1.82, 2.24) is 15.4 Å². The van der Waals surface area contributed by atoms with E-state index < -0.39 is 10.0 Å². The average Bonchev–Trinajstić information content (AvgIpc) is 3.08. The molecule has 2 rings (SSSR count). The summed E-state index contributed by atoms with van der Waals surface area (Å²) in [5.74, 6) is -0.0135. The van der Waals surface area contributed by atoms with Crippen LogP contribution in [0, 0.1) is 0 Å². The van der Waals surface area contributed by atoms with Gasteiger partial charge < -0.3 is 15.4 Å². The number of methoxy groups -OCH3 is 1. The number of carbonyl (C=O) groups excluding carboxylic acids is 1. The van der Waals surface area contributed by atoms with Crippen LogP contribution >= 0.6 is 0 Å². The Bertz CT molecular complexity index is 610. The summed E-state index contributed by atoms with van der Waals surface area (Å²) in [7, 11) is -2.01. The van der Waals surface area contributed by atoms with Crippen LogP contribution in [0.1, 0.15) is 18.4 Å². The van der Waals surface area contributed by atoms with Crippen LogP contribution in [0.3, 0.4) is 0 Å². The van der Waals surface area contributed by atoms with Crippen LogP contribution in [-0.4, -0.2) is 47.2 Å². The number of ether oxygens (including phenoxy) is 1. The summed E-state index contributed by atoms with van der Waals surface area (Å²) in [4.78, 5) is 12.1. The van der Waals surface area contributed by atoms with Gasteiger partial charge in [-0.2, -0.15) is 0 Å². The molecule has 7 nitrogen and oxygen atoms in total. The first-order valence-corrected chi connectivity index (χ1v) is 9.10. The van der Waals surface area contributed by atoms with E-state index in [4.69, 9.17) is 4.74 Å². The van der Waals surface area contributed by atoms with Gasteiger partial charge in [-0.1, -0.05) is 12.1 Å². The van der Waals surface area contributed by atoms with Crippen LogP contribution in [0.5, 0.6) is 0 Å². The van der Waals surface area contributed by atoms with Crippen LogP contribution in [0.2, 0.25) is 0 Å². The normalized spacial score (nSPS) is 18.0. The summed E-state index contributed by atoms with van der Waals surface area (Å²) in [6.45, 7) is 1.80. The van der Waals surface area contributed by atoms with Crippen molar-refractivity contribution >= 4 is 15.9 Å². The molecular formula is C15H23N3O4S. The van der Waals surface area contributed by atoms with Crippen molar-refractivity contribution in [3.63, 3.8) is 0 Å². The van der Waals surface area contributed by atoms with Crippen molar-refractivity contribution in [2.45, 2.75) is 30.3 Å². The van der Waals surface area contributed by atoms with Crippen molar-refractivity contribution in [3.8, 4) is 0 Å². The summed E-state index contributed by atoms with van der Waals surface area (Å²) in [6.07, 6.45) is 1.87. The number of nitrogens with one attached hydrogen (secondary N) is 3. The first kappa shape index (κ1) is 17.9. The second kappa shape index (κ2) is 8.39. The van der Waals surface area contributed by atoms with E-state index in [1.165, 1.54) is 19.2 Å². The Morgan fingerprint density at radius 1 is 1.35 bits per heavy atom. The molecule has 23 heavy (non-hydrogen) atoms. The van der Waals surface area contributed by atoms with Gasteiger partial charge in [0.2, 0.25) is 15.9 Å². The van der Waals surface area contributed by atoms with E-state index in [9.17, 15) is 13.2 Å². The second-order valence-electron chi connectivity index (χ2n) is 5.40. The average molecular weight is 341 g/mol. The van der Waals surface area contributed by atoms with Crippen molar-refractivity contribution in [3.05, 3.63) is 29.8 Å². The molecular weight excluding hydrogens is 318 g/mol. The van der Waals surface area contributed by atoms with Crippen molar-refractivity contribution in [1.29, 1.82) is 0 Å². The topological polar surface area (TPSA) is 96.5 Å². The molecule has 3 N–H and O–H groups in total. The van der Waals surface area contributed by atoms with Gasteiger partial charge in [-0.3, -0.25) is 4.79 Å². The zero-order valence-corrected chi connectivity index (χ0v) is 14.0. The maximum Gasteiger partial charge on any atom is 0.240 e. The molecule has 0 spiro atoms.